The van der Waals surface area contributed by atoms with Crippen molar-refractivity contribution in [2.24, 2.45) is 5.92 Å². The number of benzene rings is 2. The lowest BCUT2D eigenvalue weighted by atomic mass is 9.96. The van der Waals surface area contributed by atoms with Crippen LogP contribution < -0.4 is 5.32 Å². The number of terminal acetylenes is 1. The monoisotopic (exact) mass is 350 g/mol. The second kappa shape index (κ2) is 7.83. The normalized spacial score (nSPS) is 16.6. The quantitative estimate of drug-likeness (QED) is 0.864. The lowest BCUT2D eigenvalue weighted by molar-refractivity contribution is -0.121. The fourth-order valence-electron chi connectivity index (χ4n) is 3.08. The van der Waals surface area contributed by atoms with E-state index < -0.39 is 0 Å². The Bertz CT molecular complexity index is 855. The minimum Gasteiger partial charge on any atom is -0.338 e. The summed E-state index contributed by atoms with van der Waals surface area (Å²) in [6.07, 6.45) is 6.84. The van der Waals surface area contributed by atoms with E-state index in [0.29, 0.717) is 36.3 Å². The molecule has 2 aromatic carbocycles. The highest BCUT2D eigenvalue weighted by atomic mass is 19.1. The van der Waals surface area contributed by atoms with Gasteiger partial charge < -0.3 is 10.2 Å². The van der Waals surface area contributed by atoms with E-state index >= 15 is 0 Å². The first-order valence-electron chi connectivity index (χ1n) is 8.49. The van der Waals surface area contributed by atoms with Crippen LogP contribution >= 0.6 is 0 Å². The van der Waals surface area contributed by atoms with Gasteiger partial charge in [0.05, 0.1) is 5.92 Å². The maximum atomic E-state index is 13.0. The number of rotatable bonds is 3. The number of hydrogen-bond donors (Lipinski definition) is 1. The van der Waals surface area contributed by atoms with Gasteiger partial charge in [0.25, 0.3) is 5.91 Å². The smallest absolute Gasteiger partial charge is 0.253 e. The number of anilines is 1. The summed E-state index contributed by atoms with van der Waals surface area (Å²) < 4.78 is 13.0. The van der Waals surface area contributed by atoms with Crippen molar-refractivity contribution in [2.75, 3.05) is 18.4 Å². The van der Waals surface area contributed by atoms with Crippen molar-refractivity contribution in [1.82, 2.24) is 4.90 Å². The van der Waals surface area contributed by atoms with Gasteiger partial charge in [-0.25, -0.2) is 4.39 Å². The van der Waals surface area contributed by atoms with Crippen LogP contribution in [-0.2, 0) is 4.79 Å². The van der Waals surface area contributed by atoms with Gasteiger partial charge in [0.2, 0.25) is 5.91 Å². The van der Waals surface area contributed by atoms with Crippen LogP contribution in [0, 0.1) is 24.1 Å². The summed E-state index contributed by atoms with van der Waals surface area (Å²) in [7, 11) is 0. The van der Waals surface area contributed by atoms with E-state index in [-0.39, 0.29) is 23.5 Å². The van der Waals surface area contributed by atoms with E-state index in [2.05, 4.69) is 11.2 Å². The van der Waals surface area contributed by atoms with E-state index in [1.54, 1.807) is 29.2 Å². The molecular weight excluding hydrogens is 331 g/mol. The molecule has 2 amide bonds. The van der Waals surface area contributed by atoms with E-state index in [1.165, 1.54) is 24.3 Å². The van der Waals surface area contributed by atoms with Crippen LogP contribution in [0.1, 0.15) is 28.8 Å². The molecule has 0 aromatic heterocycles. The fraction of sp³-hybridized carbons (Fsp3) is 0.238. The molecule has 1 unspecified atom stereocenters. The third kappa shape index (κ3) is 4.09. The Labute approximate surface area is 152 Å². The summed E-state index contributed by atoms with van der Waals surface area (Å²) in [6.45, 7) is 0.934. The molecule has 0 radical (unpaired) electrons. The Morgan fingerprint density at radius 1 is 1.19 bits per heavy atom. The van der Waals surface area contributed by atoms with Crippen LogP contribution in [-0.4, -0.2) is 29.8 Å². The molecule has 132 valence electrons. The Kier molecular flexibility index (Phi) is 5.33. The van der Waals surface area contributed by atoms with Crippen molar-refractivity contribution in [3.05, 3.63) is 65.5 Å². The van der Waals surface area contributed by atoms with E-state index in [1.807, 2.05) is 0 Å². The molecule has 3 rings (SSSR count). The van der Waals surface area contributed by atoms with Gasteiger partial charge in [0.1, 0.15) is 5.82 Å². The average Bonchev–Trinajstić information content (AvgIpc) is 2.68. The number of halogens is 1. The predicted molar refractivity (Wildman–Crippen MR) is 98.0 cm³/mol. The molecule has 1 aliphatic rings. The lowest BCUT2D eigenvalue weighted by Crippen LogP contribution is -2.43. The number of hydrogen-bond acceptors (Lipinski definition) is 2. The molecule has 0 spiro atoms. The molecule has 1 saturated heterocycles. The van der Waals surface area contributed by atoms with Crippen molar-refractivity contribution < 1.29 is 14.0 Å². The summed E-state index contributed by atoms with van der Waals surface area (Å²) in [6, 6.07) is 12.6. The van der Waals surface area contributed by atoms with Crippen LogP contribution in [0.3, 0.4) is 0 Å². The number of likely N-dealkylation sites (tertiary alicyclic amines) is 1. The zero-order valence-electron chi connectivity index (χ0n) is 14.2. The first-order valence-corrected chi connectivity index (χ1v) is 8.49. The number of piperidine rings is 1. The van der Waals surface area contributed by atoms with Gasteiger partial charge in [-0.2, -0.15) is 0 Å². The van der Waals surface area contributed by atoms with Crippen LogP contribution in [0.5, 0.6) is 0 Å². The topological polar surface area (TPSA) is 49.4 Å². The van der Waals surface area contributed by atoms with Crippen molar-refractivity contribution in [3.63, 3.8) is 0 Å². The molecule has 1 heterocycles. The molecule has 4 nitrogen and oxygen atoms in total. The Morgan fingerprint density at radius 3 is 2.69 bits per heavy atom. The van der Waals surface area contributed by atoms with Gasteiger partial charge in [-0.3, -0.25) is 9.59 Å². The Morgan fingerprint density at radius 2 is 1.96 bits per heavy atom. The Balaban J connectivity index is 1.65. The molecule has 26 heavy (non-hydrogen) atoms. The van der Waals surface area contributed by atoms with Gasteiger partial charge in [-0.05, 0) is 55.3 Å². The van der Waals surface area contributed by atoms with Crippen LogP contribution in [0.25, 0.3) is 0 Å². The molecule has 1 fully saturated rings. The highest BCUT2D eigenvalue weighted by Gasteiger charge is 2.29. The van der Waals surface area contributed by atoms with Crippen molar-refractivity contribution >= 4 is 17.5 Å². The van der Waals surface area contributed by atoms with Crippen molar-refractivity contribution in [3.8, 4) is 12.3 Å². The van der Waals surface area contributed by atoms with Gasteiger partial charge in [0.15, 0.2) is 0 Å². The Hall–Kier alpha value is -3.13. The van der Waals surface area contributed by atoms with E-state index in [0.717, 1.165) is 6.42 Å². The van der Waals surface area contributed by atoms with Gasteiger partial charge >= 0.3 is 0 Å². The predicted octanol–water partition coefficient (Wildman–Crippen LogP) is 3.30. The maximum absolute atomic E-state index is 13.0. The summed E-state index contributed by atoms with van der Waals surface area (Å²) in [5, 5.41) is 2.87. The molecule has 1 N–H and O–H groups in total. The highest BCUT2D eigenvalue weighted by Crippen LogP contribution is 2.21. The average molecular weight is 350 g/mol. The first-order chi connectivity index (χ1) is 12.6. The lowest BCUT2D eigenvalue weighted by Gasteiger charge is -2.32. The summed E-state index contributed by atoms with van der Waals surface area (Å²) in [4.78, 5) is 26.8. The highest BCUT2D eigenvalue weighted by molar-refractivity contribution is 5.96. The largest absolute Gasteiger partial charge is 0.338 e. The standard InChI is InChI=1S/C21H19FN2O2/c1-2-15-5-3-7-19(13-15)23-20(25)17-6-4-12-24(14-17)21(26)16-8-10-18(22)11-9-16/h1,3,5,7-11,13,17H,4,6,12,14H2,(H,23,25). The number of amides is 2. The van der Waals surface area contributed by atoms with E-state index in [9.17, 15) is 14.0 Å². The molecule has 1 aliphatic heterocycles. The van der Waals surface area contributed by atoms with Gasteiger partial charge in [-0.1, -0.05) is 12.0 Å². The fourth-order valence-corrected chi connectivity index (χ4v) is 3.08. The molecule has 0 aliphatic carbocycles. The summed E-state index contributed by atoms with van der Waals surface area (Å²) in [5.74, 6) is 1.55. The minimum atomic E-state index is -0.383. The number of nitrogens with one attached hydrogen (secondary N) is 1. The van der Waals surface area contributed by atoms with Crippen molar-refractivity contribution in [1.29, 1.82) is 0 Å². The maximum Gasteiger partial charge on any atom is 0.253 e. The van der Waals surface area contributed by atoms with Crippen molar-refractivity contribution in [2.45, 2.75) is 12.8 Å². The molecule has 5 heteroatoms. The molecule has 2 aromatic rings. The van der Waals surface area contributed by atoms with E-state index in [4.69, 9.17) is 6.42 Å². The summed E-state index contributed by atoms with van der Waals surface area (Å²) >= 11 is 0. The minimum absolute atomic E-state index is 0.129. The SMILES string of the molecule is C#Cc1cccc(NC(=O)C2CCCN(C(=O)c3ccc(F)cc3)C2)c1. The first kappa shape index (κ1) is 17.7. The second-order valence-electron chi connectivity index (χ2n) is 6.31. The molecule has 0 saturated carbocycles. The van der Waals surface area contributed by atoms with Crippen LogP contribution in [0.2, 0.25) is 0 Å². The number of carbonyl (C=O) groups excluding carboxylic acids is 2. The zero-order valence-corrected chi connectivity index (χ0v) is 14.2. The third-order valence-electron chi connectivity index (χ3n) is 4.47. The molecule has 0 bridgehead atoms. The number of nitrogens with zero attached hydrogens (tertiary/aromatic N) is 1. The molecule has 1 atom stereocenters. The second-order valence-corrected chi connectivity index (χ2v) is 6.31. The zero-order chi connectivity index (χ0) is 18.5. The van der Waals surface area contributed by atoms with Crippen LogP contribution in [0.15, 0.2) is 48.5 Å². The summed E-state index contributed by atoms with van der Waals surface area (Å²) in [5.41, 5.74) is 1.76. The van der Waals surface area contributed by atoms with Crippen LogP contribution in [0.4, 0.5) is 10.1 Å². The third-order valence-corrected chi connectivity index (χ3v) is 4.47. The molecular formula is C21H19FN2O2. The van der Waals surface area contributed by atoms with Gasteiger partial charge in [0, 0.05) is 29.9 Å². The van der Waals surface area contributed by atoms with Gasteiger partial charge in [-0.15, -0.1) is 6.42 Å². The number of carbonyl (C=O) groups is 2.